The van der Waals surface area contributed by atoms with Crippen LogP contribution in [0.5, 0.6) is 5.75 Å². The maximum absolute atomic E-state index is 9.36. The Labute approximate surface area is 134 Å². The Morgan fingerprint density at radius 1 is 0.955 bits per heavy atom. The Morgan fingerprint density at radius 2 is 1.59 bits per heavy atom. The van der Waals surface area contributed by atoms with Gasteiger partial charge in [0.1, 0.15) is 11.8 Å². The number of hydrogen-bond donors (Lipinski definition) is 1. The molecule has 2 aromatic rings. The van der Waals surface area contributed by atoms with Crippen LogP contribution in [0.15, 0.2) is 42.5 Å². The van der Waals surface area contributed by atoms with Crippen LogP contribution >= 0.6 is 11.6 Å². The lowest BCUT2D eigenvalue weighted by Crippen LogP contribution is -2.46. The Hall–Kier alpha value is -2.38. The van der Waals surface area contributed by atoms with Crippen LogP contribution in [0.2, 0.25) is 5.02 Å². The number of phenols is 1. The second-order valence-corrected chi connectivity index (χ2v) is 5.65. The third kappa shape index (κ3) is 2.81. The minimum Gasteiger partial charge on any atom is -0.508 e. The van der Waals surface area contributed by atoms with E-state index in [0.717, 1.165) is 37.6 Å². The summed E-state index contributed by atoms with van der Waals surface area (Å²) in [6, 6.07) is 14.9. The number of nitriles is 1. The van der Waals surface area contributed by atoms with Gasteiger partial charge in [0.15, 0.2) is 0 Å². The predicted octanol–water partition coefficient (Wildman–Crippen LogP) is 3.24. The van der Waals surface area contributed by atoms with Crippen LogP contribution in [0.3, 0.4) is 0 Å². The van der Waals surface area contributed by atoms with E-state index in [-0.39, 0.29) is 5.75 Å². The topological polar surface area (TPSA) is 50.5 Å². The number of aromatic hydroxyl groups is 1. The highest BCUT2D eigenvalue weighted by atomic mass is 35.5. The van der Waals surface area contributed by atoms with E-state index in [1.807, 2.05) is 18.2 Å². The molecule has 1 N–H and O–H groups in total. The highest BCUT2D eigenvalue weighted by molar-refractivity contribution is 6.33. The summed E-state index contributed by atoms with van der Waals surface area (Å²) in [5, 5.41) is 19.2. The molecule has 0 unspecified atom stereocenters. The summed E-state index contributed by atoms with van der Waals surface area (Å²) in [6.07, 6.45) is 0. The smallest absolute Gasteiger partial charge is 0.115 e. The maximum Gasteiger partial charge on any atom is 0.115 e. The molecule has 0 amide bonds. The number of benzene rings is 2. The van der Waals surface area contributed by atoms with Crippen molar-refractivity contribution in [3.63, 3.8) is 0 Å². The molecule has 0 aromatic heterocycles. The molecule has 0 bridgehead atoms. The van der Waals surface area contributed by atoms with E-state index >= 15 is 0 Å². The third-order valence-electron chi connectivity index (χ3n) is 3.92. The molecule has 0 aliphatic carbocycles. The first-order valence-corrected chi connectivity index (χ1v) is 7.54. The Kier molecular flexibility index (Phi) is 4.08. The average molecular weight is 314 g/mol. The van der Waals surface area contributed by atoms with E-state index in [9.17, 15) is 10.4 Å². The van der Waals surface area contributed by atoms with Crippen molar-refractivity contribution in [1.29, 1.82) is 5.26 Å². The van der Waals surface area contributed by atoms with Gasteiger partial charge < -0.3 is 14.9 Å². The summed E-state index contributed by atoms with van der Waals surface area (Å²) in [5.74, 6) is 0.275. The Bertz CT molecular complexity index is 701. The fourth-order valence-electron chi connectivity index (χ4n) is 2.78. The zero-order valence-electron chi connectivity index (χ0n) is 12.0. The SMILES string of the molecule is N#Cc1cccc(Cl)c1N1CCN(c2ccc(O)cc2)CC1. The number of anilines is 2. The number of para-hydroxylation sites is 1. The van der Waals surface area contributed by atoms with Crippen LogP contribution in [0.4, 0.5) is 11.4 Å². The highest BCUT2D eigenvalue weighted by Crippen LogP contribution is 2.31. The summed E-state index contributed by atoms with van der Waals surface area (Å²) in [6.45, 7) is 3.31. The average Bonchev–Trinajstić information content (AvgIpc) is 2.55. The van der Waals surface area contributed by atoms with Gasteiger partial charge in [0.25, 0.3) is 0 Å². The molecule has 1 aliphatic heterocycles. The number of phenolic OH excluding ortho intramolecular Hbond substituents is 1. The van der Waals surface area contributed by atoms with Gasteiger partial charge in [-0.3, -0.25) is 0 Å². The molecule has 5 heteroatoms. The second kappa shape index (κ2) is 6.17. The van der Waals surface area contributed by atoms with Crippen molar-refractivity contribution in [3.8, 4) is 11.8 Å². The molecule has 3 rings (SSSR count). The molecule has 1 fully saturated rings. The Morgan fingerprint density at radius 3 is 2.23 bits per heavy atom. The first-order valence-electron chi connectivity index (χ1n) is 7.16. The fourth-order valence-corrected chi connectivity index (χ4v) is 3.07. The van der Waals surface area contributed by atoms with E-state index in [0.29, 0.717) is 10.6 Å². The molecule has 0 saturated carbocycles. The van der Waals surface area contributed by atoms with Crippen LogP contribution < -0.4 is 9.80 Å². The quantitative estimate of drug-likeness (QED) is 0.924. The van der Waals surface area contributed by atoms with Crippen molar-refractivity contribution >= 4 is 23.0 Å². The number of rotatable bonds is 2. The van der Waals surface area contributed by atoms with Gasteiger partial charge in [-0.25, -0.2) is 0 Å². The van der Waals surface area contributed by atoms with Gasteiger partial charge in [-0.05, 0) is 36.4 Å². The van der Waals surface area contributed by atoms with Crippen LogP contribution in [0.25, 0.3) is 0 Å². The lowest BCUT2D eigenvalue weighted by Gasteiger charge is -2.38. The molecule has 0 atom stereocenters. The highest BCUT2D eigenvalue weighted by Gasteiger charge is 2.21. The van der Waals surface area contributed by atoms with Crippen LogP contribution in [-0.2, 0) is 0 Å². The zero-order chi connectivity index (χ0) is 15.5. The standard InChI is InChI=1S/C17H16ClN3O/c18-16-3-1-2-13(12-19)17(16)21-10-8-20(9-11-21)14-4-6-15(22)7-5-14/h1-7,22H,8-11H2. The summed E-state index contributed by atoms with van der Waals surface area (Å²) < 4.78 is 0. The van der Waals surface area contributed by atoms with Crippen molar-refractivity contribution in [3.05, 3.63) is 53.1 Å². The molecule has 22 heavy (non-hydrogen) atoms. The zero-order valence-corrected chi connectivity index (χ0v) is 12.8. The van der Waals surface area contributed by atoms with Crippen molar-refractivity contribution in [1.82, 2.24) is 0 Å². The first kappa shape index (κ1) is 14.6. The lowest BCUT2D eigenvalue weighted by atomic mass is 10.1. The molecule has 1 saturated heterocycles. The van der Waals surface area contributed by atoms with Gasteiger partial charge in [-0.1, -0.05) is 17.7 Å². The number of halogens is 1. The van der Waals surface area contributed by atoms with Gasteiger partial charge >= 0.3 is 0 Å². The Balaban J connectivity index is 1.75. The molecular formula is C17H16ClN3O. The third-order valence-corrected chi connectivity index (χ3v) is 4.22. The van der Waals surface area contributed by atoms with Gasteiger partial charge in [0.2, 0.25) is 0 Å². The maximum atomic E-state index is 9.36. The van der Waals surface area contributed by atoms with Crippen LogP contribution in [0.1, 0.15) is 5.56 Å². The lowest BCUT2D eigenvalue weighted by molar-refractivity contribution is 0.475. The first-order chi connectivity index (χ1) is 10.7. The van der Waals surface area contributed by atoms with Crippen molar-refractivity contribution < 1.29 is 5.11 Å². The minimum atomic E-state index is 0.275. The minimum absolute atomic E-state index is 0.275. The van der Waals surface area contributed by atoms with E-state index < -0.39 is 0 Å². The molecule has 112 valence electrons. The van der Waals surface area contributed by atoms with Crippen molar-refractivity contribution in [2.24, 2.45) is 0 Å². The molecule has 1 heterocycles. The van der Waals surface area contributed by atoms with Gasteiger partial charge in [0.05, 0.1) is 16.3 Å². The summed E-state index contributed by atoms with van der Waals surface area (Å²) in [4.78, 5) is 4.43. The normalized spacial score (nSPS) is 14.7. The number of nitrogens with zero attached hydrogens (tertiary/aromatic N) is 3. The molecule has 4 nitrogen and oxygen atoms in total. The molecule has 1 aliphatic rings. The van der Waals surface area contributed by atoms with Gasteiger partial charge in [-0.15, -0.1) is 0 Å². The van der Waals surface area contributed by atoms with Crippen LogP contribution in [0, 0.1) is 11.3 Å². The molecule has 0 spiro atoms. The summed E-state index contributed by atoms with van der Waals surface area (Å²) in [7, 11) is 0. The van der Waals surface area contributed by atoms with Gasteiger partial charge in [0, 0.05) is 31.9 Å². The van der Waals surface area contributed by atoms with E-state index in [1.54, 1.807) is 24.3 Å². The summed E-state index contributed by atoms with van der Waals surface area (Å²) >= 11 is 6.28. The monoisotopic (exact) mass is 313 g/mol. The molecular weight excluding hydrogens is 298 g/mol. The predicted molar refractivity (Wildman–Crippen MR) is 88.7 cm³/mol. The van der Waals surface area contributed by atoms with E-state index in [4.69, 9.17) is 11.6 Å². The number of piperazine rings is 1. The van der Waals surface area contributed by atoms with Crippen LogP contribution in [-0.4, -0.2) is 31.3 Å². The van der Waals surface area contributed by atoms with E-state index in [1.165, 1.54) is 0 Å². The fraction of sp³-hybridized carbons (Fsp3) is 0.235. The molecule has 2 aromatic carbocycles. The van der Waals surface area contributed by atoms with Crippen molar-refractivity contribution in [2.75, 3.05) is 36.0 Å². The molecule has 0 radical (unpaired) electrons. The number of hydrogen-bond acceptors (Lipinski definition) is 4. The van der Waals surface area contributed by atoms with Gasteiger partial charge in [-0.2, -0.15) is 5.26 Å². The van der Waals surface area contributed by atoms with E-state index in [2.05, 4.69) is 15.9 Å². The second-order valence-electron chi connectivity index (χ2n) is 5.24. The largest absolute Gasteiger partial charge is 0.508 e. The van der Waals surface area contributed by atoms with Crippen molar-refractivity contribution in [2.45, 2.75) is 0 Å². The summed E-state index contributed by atoms with van der Waals surface area (Å²) in [5.41, 5.74) is 2.54.